The monoisotopic (exact) mass is 298 g/mol. The molecule has 0 saturated carbocycles. The van der Waals surface area contributed by atoms with Crippen LogP contribution in [0, 0.1) is 5.92 Å². The maximum absolute atomic E-state index is 12.2. The summed E-state index contributed by atoms with van der Waals surface area (Å²) in [5.74, 6) is -2.46. The molecule has 21 heavy (non-hydrogen) atoms. The second-order valence-electron chi connectivity index (χ2n) is 5.27. The summed E-state index contributed by atoms with van der Waals surface area (Å²) in [4.78, 5) is 47.2. The van der Waals surface area contributed by atoms with Crippen molar-refractivity contribution in [3.05, 3.63) is 0 Å². The van der Waals surface area contributed by atoms with E-state index >= 15 is 0 Å². The Morgan fingerprint density at radius 1 is 1.48 bits per heavy atom. The van der Waals surface area contributed by atoms with Crippen LogP contribution in [-0.2, 0) is 14.4 Å². The molecule has 0 spiro atoms. The topological polar surface area (TPSA) is 142 Å². The van der Waals surface area contributed by atoms with Gasteiger partial charge in [-0.05, 0) is 12.8 Å². The van der Waals surface area contributed by atoms with Crippen molar-refractivity contribution in [2.45, 2.75) is 31.3 Å². The minimum atomic E-state index is -1.36. The largest absolute Gasteiger partial charge is 0.480 e. The third kappa shape index (κ3) is 3.23. The highest BCUT2D eigenvalue weighted by molar-refractivity contribution is 5.88. The van der Waals surface area contributed by atoms with E-state index in [1.165, 1.54) is 4.90 Å². The Morgan fingerprint density at radius 2 is 2.19 bits per heavy atom. The van der Waals surface area contributed by atoms with E-state index in [2.05, 4.69) is 10.6 Å². The van der Waals surface area contributed by atoms with Crippen LogP contribution in [-0.4, -0.2) is 59.0 Å². The number of aliphatic carboxylic acids is 1. The van der Waals surface area contributed by atoms with Gasteiger partial charge in [0.25, 0.3) is 0 Å². The predicted molar refractivity (Wildman–Crippen MR) is 70.0 cm³/mol. The average Bonchev–Trinajstić information content (AvgIpc) is 2.79. The number of amides is 4. The van der Waals surface area contributed by atoms with Crippen molar-refractivity contribution in [1.29, 1.82) is 0 Å². The summed E-state index contributed by atoms with van der Waals surface area (Å²) in [6.07, 6.45) is 0.916. The Kier molecular flexibility index (Phi) is 4.29. The van der Waals surface area contributed by atoms with Gasteiger partial charge >= 0.3 is 12.0 Å². The Hall–Kier alpha value is -2.32. The van der Waals surface area contributed by atoms with Crippen LogP contribution in [0.1, 0.15) is 19.3 Å². The van der Waals surface area contributed by atoms with E-state index in [1.54, 1.807) is 0 Å². The number of primary amides is 1. The van der Waals surface area contributed by atoms with Crippen molar-refractivity contribution in [2.75, 3.05) is 13.1 Å². The lowest BCUT2D eigenvalue weighted by Gasteiger charge is -2.36. The van der Waals surface area contributed by atoms with Crippen LogP contribution in [0.4, 0.5) is 4.79 Å². The van der Waals surface area contributed by atoms with E-state index in [1.807, 2.05) is 0 Å². The molecule has 0 aromatic carbocycles. The minimum Gasteiger partial charge on any atom is -0.480 e. The number of carboxylic acids is 1. The number of nitrogens with two attached hydrogens (primary N) is 1. The van der Waals surface area contributed by atoms with E-state index in [4.69, 9.17) is 10.8 Å². The molecule has 5 N–H and O–H groups in total. The maximum Gasteiger partial charge on any atom is 0.326 e. The third-order valence-electron chi connectivity index (χ3n) is 3.86. The molecule has 9 nitrogen and oxygen atoms in total. The number of carbonyl (C=O) groups is 4. The molecule has 0 aliphatic carbocycles. The fraction of sp³-hybridized carbons (Fsp3) is 0.667. The highest BCUT2D eigenvalue weighted by Gasteiger charge is 2.43. The van der Waals surface area contributed by atoms with Crippen molar-refractivity contribution < 1.29 is 24.3 Å². The molecule has 2 rings (SSSR count). The number of hydrogen-bond acceptors (Lipinski definition) is 4. The third-order valence-corrected chi connectivity index (χ3v) is 3.86. The number of carbonyl (C=O) groups excluding carboxylic acids is 3. The van der Waals surface area contributed by atoms with E-state index in [0.717, 1.165) is 0 Å². The normalized spacial score (nSPS) is 25.7. The predicted octanol–water partition coefficient (Wildman–Crippen LogP) is -1.76. The zero-order valence-electron chi connectivity index (χ0n) is 11.4. The van der Waals surface area contributed by atoms with Crippen molar-refractivity contribution in [3.63, 3.8) is 0 Å². The molecule has 3 atom stereocenters. The number of urea groups is 1. The first-order valence-electron chi connectivity index (χ1n) is 6.76. The molecule has 3 unspecified atom stereocenters. The molecule has 116 valence electrons. The SMILES string of the molecule is NC(=O)CC(NC(=O)N1CCCC2C(=O)NCC21)C(=O)O. The molecule has 9 heteroatoms. The molecule has 2 aliphatic rings. The van der Waals surface area contributed by atoms with Crippen LogP contribution in [0.5, 0.6) is 0 Å². The summed E-state index contributed by atoms with van der Waals surface area (Å²) in [5, 5.41) is 14.0. The van der Waals surface area contributed by atoms with Gasteiger partial charge in [-0.3, -0.25) is 9.59 Å². The quantitative estimate of drug-likeness (QED) is 0.486. The van der Waals surface area contributed by atoms with Gasteiger partial charge in [-0.15, -0.1) is 0 Å². The number of rotatable bonds is 4. The Balaban J connectivity index is 2.03. The maximum atomic E-state index is 12.2. The lowest BCUT2D eigenvalue weighted by molar-refractivity contribution is -0.141. The van der Waals surface area contributed by atoms with Gasteiger partial charge in [0.15, 0.2) is 0 Å². The van der Waals surface area contributed by atoms with Crippen LogP contribution < -0.4 is 16.4 Å². The van der Waals surface area contributed by atoms with Crippen LogP contribution in [0.3, 0.4) is 0 Å². The highest BCUT2D eigenvalue weighted by Crippen LogP contribution is 2.27. The number of likely N-dealkylation sites (tertiary alicyclic amines) is 1. The molecule has 0 aromatic heterocycles. The van der Waals surface area contributed by atoms with Crippen LogP contribution in [0.25, 0.3) is 0 Å². The molecule has 2 aliphatic heterocycles. The van der Waals surface area contributed by atoms with Crippen molar-refractivity contribution in [1.82, 2.24) is 15.5 Å². The Bertz CT molecular complexity index is 480. The van der Waals surface area contributed by atoms with Gasteiger partial charge in [0.1, 0.15) is 6.04 Å². The summed E-state index contributed by atoms with van der Waals surface area (Å²) in [6.45, 7) is 0.815. The van der Waals surface area contributed by atoms with E-state index in [9.17, 15) is 19.2 Å². The first-order valence-corrected chi connectivity index (χ1v) is 6.76. The summed E-state index contributed by atoms with van der Waals surface area (Å²) < 4.78 is 0. The average molecular weight is 298 g/mol. The van der Waals surface area contributed by atoms with Crippen LogP contribution in [0.15, 0.2) is 0 Å². The number of carboxylic acid groups (broad SMARTS) is 1. The first kappa shape index (κ1) is 15.1. The van der Waals surface area contributed by atoms with Gasteiger partial charge in [-0.25, -0.2) is 9.59 Å². The number of nitrogens with zero attached hydrogens (tertiary/aromatic N) is 1. The second-order valence-corrected chi connectivity index (χ2v) is 5.27. The van der Waals surface area contributed by atoms with Gasteiger partial charge in [-0.2, -0.15) is 0 Å². The summed E-state index contributed by atoms with van der Waals surface area (Å²) in [6, 6.07) is -2.22. The highest BCUT2D eigenvalue weighted by atomic mass is 16.4. The molecule has 4 amide bonds. The van der Waals surface area contributed by atoms with Crippen LogP contribution in [0.2, 0.25) is 0 Å². The Morgan fingerprint density at radius 3 is 2.81 bits per heavy atom. The van der Waals surface area contributed by atoms with Gasteiger partial charge in [0.05, 0.1) is 18.4 Å². The zero-order chi connectivity index (χ0) is 15.6. The van der Waals surface area contributed by atoms with Gasteiger partial charge < -0.3 is 26.4 Å². The lowest BCUT2D eigenvalue weighted by atomic mass is 9.92. The van der Waals surface area contributed by atoms with Gasteiger partial charge in [0, 0.05) is 13.1 Å². The zero-order valence-corrected chi connectivity index (χ0v) is 11.4. The van der Waals surface area contributed by atoms with Crippen molar-refractivity contribution in [3.8, 4) is 0 Å². The summed E-state index contributed by atoms with van der Waals surface area (Å²) >= 11 is 0. The molecule has 0 aromatic rings. The van der Waals surface area contributed by atoms with Gasteiger partial charge in [-0.1, -0.05) is 0 Å². The summed E-state index contributed by atoms with van der Waals surface area (Å²) in [7, 11) is 0. The number of fused-ring (bicyclic) bond motifs is 1. The molecule has 0 radical (unpaired) electrons. The Labute approximate surface area is 120 Å². The van der Waals surface area contributed by atoms with E-state index in [0.29, 0.717) is 25.9 Å². The lowest BCUT2D eigenvalue weighted by Crippen LogP contribution is -2.56. The van der Waals surface area contributed by atoms with E-state index in [-0.39, 0.29) is 17.9 Å². The molecule has 2 fully saturated rings. The molecular formula is C12H18N4O5. The first-order chi connectivity index (χ1) is 9.90. The summed E-state index contributed by atoms with van der Waals surface area (Å²) in [5.41, 5.74) is 4.97. The molecular weight excluding hydrogens is 280 g/mol. The van der Waals surface area contributed by atoms with Crippen LogP contribution >= 0.6 is 0 Å². The molecule has 2 saturated heterocycles. The standard InChI is InChI=1S/C12H18N4O5/c13-9(17)4-7(11(19)20)15-12(21)16-3-1-2-6-8(16)5-14-10(6)18/h6-8H,1-5H2,(H2,13,17)(H,14,18)(H,15,21)(H,19,20). The minimum absolute atomic E-state index is 0.0792. The molecule has 2 heterocycles. The van der Waals surface area contributed by atoms with E-state index < -0.39 is 30.4 Å². The van der Waals surface area contributed by atoms with Crippen molar-refractivity contribution in [2.24, 2.45) is 11.7 Å². The fourth-order valence-electron chi connectivity index (χ4n) is 2.84. The van der Waals surface area contributed by atoms with Gasteiger partial charge in [0.2, 0.25) is 11.8 Å². The molecule has 0 bridgehead atoms. The number of hydrogen-bond donors (Lipinski definition) is 4. The smallest absolute Gasteiger partial charge is 0.326 e. The number of nitrogens with one attached hydrogen (secondary N) is 2. The van der Waals surface area contributed by atoms with Crippen molar-refractivity contribution >= 4 is 23.8 Å². The second kappa shape index (κ2) is 5.98. The fourth-order valence-corrected chi connectivity index (χ4v) is 2.84. The number of piperidine rings is 1.